The van der Waals surface area contributed by atoms with E-state index in [1.807, 2.05) is 40.7 Å². The molecule has 1 aromatic heterocycles. The van der Waals surface area contributed by atoms with Crippen molar-refractivity contribution < 1.29 is 19.1 Å². The zero-order chi connectivity index (χ0) is 24.6. The number of carbonyl (C=O) groups excluding carboxylic acids is 3. The van der Waals surface area contributed by atoms with Crippen molar-refractivity contribution in [2.45, 2.75) is 34.6 Å². The quantitative estimate of drug-likeness (QED) is 0.442. The number of amides is 4. The van der Waals surface area contributed by atoms with Crippen LogP contribution in [0.25, 0.3) is 11.8 Å². The Morgan fingerprint density at radius 3 is 2.15 bits per heavy atom. The zero-order valence-corrected chi connectivity index (χ0v) is 19.9. The number of nitrogens with zero attached hydrogens (tertiary/aromatic N) is 2. The third-order valence-electron chi connectivity index (χ3n) is 5.74. The number of aromatic nitrogens is 1. The molecule has 0 atom stereocenters. The summed E-state index contributed by atoms with van der Waals surface area (Å²) in [7, 11) is 0. The van der Waals surface area contributed by atoms with Crippen molar-refractivity contribution in [1.29, 1.82) is 0 Å². The van der Waals surface area contributed by atoms with Gasteiger partial charge in [-0.15, -0.1) is 0 Å². The van der Waals surface area contributed by atoms with Crippen LogP contribution in [0.2, 0.25) is 0 Å². The van der Waals surface area contributed by atoms with Crippen LogP contribution >= 0.6 is 0 Å². The molecule has 1 aliphatic rings. The van der Waals surface area contributed by atoms with Crippen molar-refractivity contribution in [1.82, 2.24) is 9.88 Å². The van der Waals surface area contributed by atoms with Crippen LogP contribution in [0.15, 0.2) is 54.1 Å². The number of benzene rings is 2. The first-order valence-electron chi connectivity index (χ1n) is 11.1. The molecule has 7 heteroatoms. The largest absolute Gasteiger partial charge is 0.494 e. The first-order chi connectivity index (χ1) is 16.2. The minimum absolute atomic E-state index is 0.103. The molecule has 2 aromatic carbocycles. The van der Waals surface area contributed by atoms with Gasteiger partial charge in [0.05, 0.1) is 12.3 Å². The first-order valence-corrected chi connectivity index (χ1v) is 11.1. The summed E-state index contributed by atoms with van der Waals surface area (Å²) in [5.74, 6) is -0.760. The van der Waals surface area contributed by atoms with Crippen molar-refractivity contribution in [3.8, 4) is 11.4 Å². The highest BCUT2D eigenvalue weighted by atomic mass is 16.5. The van der Waals surface area contributed by atoms with Gasteiger partial charge in [0.15, 0.2) is 0 Å². The smallest absolute Gasteiger partial charge is 0.335 e. The standard InChI is InChI=1S/C27H27N3O4/c1-6-34-23-9-7-21(8-10-23)30-26(32)24(25(31)28-27(30)33)15-20-14-18(4)29(19(20)5)22-12-16(2)11-17(3)13-22/h7-15H,6H2,1-5H3,(H,28,31,33)/b24-15+. The van der Waals surface area contributed by atoms with Gasteiger partial charge in [-0.25, -0.2) is 9.69 Å². The Morgan fingerprint density at radius 1 is 0.882 bits per heavy atom. The van der Waals surface area contributed by atoms with Crippen LogP contribution in [-0.2, 0) is 9.59 Å². The number of hydrogen-bond acceptors (Lipinski definition) is 4. The molecule has 4 rings (SSSR count). The topological polar surface area (TPSA) is 80.6 Å². The molecule has 4 amide bonds. The molecule has 0 spiro atoms. The molecule has 174 valence electrons. The summed E-state index contributed by atoms with van der Waals surface area (Å²) >= 11 is 0. The van der Waals surface area contributed by atoms with Gasteiger partial charge in [-0.1, -0.05) is 6.07 Å². The number of urea groups is 1. The van der Waals surface area contributed by atoms with Crippen LogP contribution in [0.1, 0.15) is 35.0 Å². The van der Waals surface area contributed by atoms with Crippen molar-refractivity contribution in [2.75, 3.05) is 11.5 Å². The van der Waals surface area contributed by atoms with E-state index in [4.69, 9.17) is 4.74 Å². The fourth-order valence-corrected chi connectivity index (χ4v) is 4.32. The number of barbiturate groups is 1. The highest BCUT2D eigenvalue weighted by Gasteiger charge is 2.37. The maximum Gasteiger partial charge on any atom is 0.335 e. The average Bonchev–Trinajstić information content (AvgIpc) is 3.04. The summed E-state index contributed by atoms with van der Waals surface area (Å²) in [6.45, 7) is 10.4. The van der Waals surface area contributed by atoms with Crippen LogP contribution in [0.3, 0.4) is 0 Å². The van der Waals surface area contributed by atoms with Crippen molar-refractivity contribution in [3.63, 3.8) is 0 Å². The van der Waals surface area contributed by atoms with Gasteiger partial charge in [0.25, 0.3) is 11.8 Å². The van der Waals surface area contributed by atoms with Gasteiger partial charge in [-0.3, -0.25) is 14.9 Å². The Balaban J connectivity index is 1.73. The molecule has 0 aliphatic carbocycles. The second kappa shape index (κ2) is 9.02. The van der Waals surface area contributed by atoms with E-state index in [1.165, 1.54) is 0 Å². The van der Waals surface area contributed by atoms with Crippen LogP contribution in [0, 0.1) is 27.7 Å². The van der Waals surface area contributed by atoms with E-state index >= 15 is 0 Å². The molecular weight excluding hydrogens is 430 g/mol. The summed E-state index contributed by atoms with van der Waals surface area (Å²) in [6.07, 6.45) is 1.55. The lowest BCUT2D eigenvalue weighted by molar-refractivity contribution is -0.122. The van der Waals surface area contributed by atoms with Gasteiger partial charge in [0.1, 0.15) is 11.3 Å². The number of hydrogen-bond donors (Lipinski definition) is 1. The van der Waals surface area contributed by atoms with Crippen molar-refractivity contribution >= 4 is 29.6 Å². The minimum Gasteiger partial charge on any atom is -0.494 e. The van der Waals surface area contributed by atoms with Gasteiger partial charge in [-0.2, -0.15) is 0 Å². The fraction of sp³-hybridized carbons (Fsp3) is 0.222. The predicted octanol–water partition coefficient (Wildman–Crippen LogP) is 4.78. The lowest BCUT2D eigenvalue weighted by Crippen LogP contribution is -2.54. The molecule has 0 saturated carbocycles. The van der Waals surface area contributed by atoms with Crippen molar-refractivity contribution in [2.24, 2.45) is 0 Å². The van der Waals surface area contributed by atoms with E-state index in [-0.39, 0.29) is 5.57 Å². The number of carbonyl (C=O) groups is 3. The Kier molecular flexibility index (Phi) is 6.11. The number of ether oxygens (including phenoxy) is 1. The lowest BCUT2D eigenvalue weighted by atomic mass is 10.1. The molecule has 0 bridgehead atoms. The second-order valence-corrected chi connectivity index (χ2v) is 8.39. The van der Waals surface area contributed by atoms with Gasteiger partial charge >= 0.3 is 6.03 Å². The Labute approximate surface area is 198 Å². The van der Waals surface area contributed by atoms with E-state index in [9.17, 15) is 14.4 Å². The number of imide groups is 2. The van der Waals surface area contributed by atoms with Crippen LogP contribution < -0.4 is 15.0 Å². The van der Waals surface area contributed by atoms with Crippen molar-refractivity contribution in [3.05, 3.63) is 82.2 Å². The SMILES string of the molecule is CCOc1ccc(N2C(=O)NC(=O)/C(=C\c3cc(C)n(-c4cc(C)cc(C)c4)c3C)C2=O)cc1. The van der Waals surface area contributed by atoms with Gasteiger partial charge in [0, 0.05) is 17.1 Å². The third-order valence-corrected chi connectivity index (χ3v) is 5.74. The van der Waals surface area contributed by atoms with E-state index in [0.717, 1.165) is 38.7 Å². The number of anilines is 1. The maximum atomic E-state index is 13.3. The molecule has 3 aromatic rings. The van der Waals surface area contributed by atoms with Crippen LogP contribution in [0.5, 0.6) is 5.75 Å². The van der Waals surface area contributed by atoms with Gasteiger partial charge < -0.3 is 9.30 Å². The molecule has 34 heavy (non-hydrogen) atoms. The Hall–Kier alpha value is -4.13. The molecule has 1 saturated heterocycles. The first kappa shape index (κ1) is 23.0. The summed E-state index contributed by atoms with van der Waals surface area (Å²) in [6, 6.07) is 14.0. The molecule has 1 N–H and O–H groups in total. The molecule has 2 heterocycles. The van der Waals surface area contributed by atoms with Crippen LogP contribution in [0.4, 0.5) is 10.5 Å². The van der Waals surface area contributed by atoms with Gasteiger partial charge in [-0.05, 0) is 99.8 Å². The summed E-state index contributed by atoms with van der Waals surface area (Å²) in [5, 5.41) is 2.28. The third kappa shape index (κ3) is 4.24. The number of aryl methyl sites for hydroxylation is 3. The summed E-state index contributed by atoms with van der Waals surface area (Å²) in [4.78, 5) is 39.4. The normalized spacial score (nSPS) is 15.1. The molecular formula is C27H27N3O4. The second-order valence-electron chi connectivity index (χ2n) is 8.39. The molecule has 1 aliphatic heterocycles. The summed E-state index contributed by atoms with van der Waals surface area (Å²) in [5.41, 5.74) is 6.15. The van der Waals surface area contributed by atoms with Gasteiger partial charge in [0.2, 0.25) is 0 Å². The fourth-order valence-electron chi connectivity index (χ4n) is 4.32. The zero-order valence-electron chi connectivity index (χ0n) is 19.9. The predicted molar refractivity (Wildman–Crippen MR) is 131 cm³/mol. The Bertz CT molecular complexity index is 1310. The van der Waals surface area contributed by atoms with E-state index < -0.39 is 17.8 Å². The molecule has 7 nitrogen and oxygen atoms in total. The lowest BCUT2D eigenvalue weighted by Gasteiger charge is -2.26. The highest BCUT2D eigenvalue weighted by Crippen LogP contribution is 2.27. The number of nitrogens with one attached hydrogen (secondary N) is 1. The average molecular weight is 458 g/mol. The molecule has 0 radical (unpaired) electrons. The van der Waals surface area contributed by atoms with Crippen LogP contribution in [-0.4, -0.2) is 29.0 Å². The van der Waals surface area contributed by atoms with E-state index in [2.05, 4.69) is 28.1 Å². The number of rotatable bonds is 5. The Morgan fingerprint density at radius 2 is 1.53 bits per heavy atom. The molecule has 0 unspecified atom stereocenters. The monoisotopic (exact) mass is 457 g/mol. The minimum atomic E-state index is -0.781. The molecule has 1 fully saturated rings. The highest BCUT2D eigenvalue weighted by molar-refractivity contribution is 6.39. The summed E-state index contributed by atoms with van der Waals surface area (Å²) < 4.78 is 7.52. The maximum absolute atomic E-state index is 13.3. The van der Waals surface area contributed by atoms with E-state index in [0.29, 0.717) is 18.0 Å². The van der Waals surface area contributed by atoms with E-state index in [1.54, 1.807) is 30.3 Å².